The number of amides is 1. The summed E-state index contributed by atoms with van der Waals surface area (Å²) in [5, 5.41) is 0. The average molecular weight is 322 g/mol. The van der Waals surface area contributed by atoms with E-state index in [4.69, 9.17) is 9.15 Å². The predicted octanol–water partition coefficient (Wildman–Crippen LogP) is 1.82. The first-order chi connectivity index (χ1) is 11.0. The fraction of sp³-hybridized carbons (Fsp3) is 0.647. The average Bonchev–Trinajstić information content (AvgIpc) is 2.92. The van der Waals surface area contributed by atoms with E-state index in [2.05, 4.69) is 0 Å². The summed E-state index contributed by atoms with van der Waals surface area (Å²) in [5.41, 5.74) is 0. The van der Waals surface area contributed by atoms with Crippen molar-refractivity contribution in [2.24, 2.45) is 5.92 Å². The molecule has 2 heterocycles. The topological polar surface area (TPSA) is 63.0 Å². The zero-order valence-corrected chi connectivity index (χ0v) is 14.2. The molecule has 6 heteroatoms. The van der Waals surface area contributed by atoms with E-state index in [-0.39, 0.29) is 17.8 Å². The molecule has 1 fully saturated rings. The molecule has 1 saturated heterocycles. The number of nitrogens with zero attached hydrogens (tertiary/aromatic N) is 2. The predicted molar refractivity (Wildman–Crippen MR) is 85.7 cm³/mol. The lowest BCUT2D eigenvalue weighted by Crippen LogP contribution is -2.44. The summed E-state index contributed by atoms with van der Waals surface area (Å²) >= 11 is 0. The number of carbonyl (C=O) groups excluding carboxylic acids is 2. The summed E-state index contributed by atoms with van der Waals surface area (Å²) in [4.78, 5) is 27.8. The number of furan rings is 1. The smallest absolute Gasteiger partial charge is 0.309 e. The van der Waals surface area contributed by atoms with Crippen molar-refractivity contribution in [1.82, 2.24) is 9.80 Å². The number of rotatable bonds is 6. The Balaban J connectivity index is 1.75. The summed E-state index contributed by atoms with van der Waals surface area (Å²) in [6.07, 6.45) is 1.37. The van der Waals surface area contributed by atoms with Crippen molar-refractivity contribution in [2.75, 3.05) is 33.3 Å². The van der Waals surface area contributed by atoms with Gasteiger partial charge in [-0.1, -0.05) is 0 Å². The minimum Gasteiger partial charge on any atom is -0.466 e. The molecule has 128 valence electrons. The van der Waals surface area contributed by atoms with Crippen LogP contribution in [-0.4, -0.2) is 55.0 Å². The second-order valence-electron chi connectivity index (χ2n) is 6.09. The fourth-order valence-corrected chi connectivity index (χ4v) is 2.85. The van der Waals surface area contributed by atoms with Gasteiger partial charge < -0.3 is 14.1 Å². The van der Waals surface area contributed by atoms with Crippen LogP contribution < -0.4 is 0 Å². The standard InChI is InChI=1S/C17H26N2O4/c1-4-22-17(21)14-7-9-19(10-8-14)16(20)12-18(3)11-15-6-5-13(2)23-15/h5-6,14H,4,7-12H2,1-3H3. The van der Waals surface area contributed by atoms with E-state index in [1.165, 1.54) is 0 Å². The maximum Gasteiger partial charge on any atom is 0.309 e. The molecule has 0 aromatic carbocycles. The molecule has 0 saturated carbocycles. The monoisotopic (exact) mass is 322 g/mol. The highest BCUT2D eigenvalue weighted by Crippen LogP contribution is 2.19. The van der Waals surface area contributed by atoms with Gasteiger partial charge in [-0.25, -0.2) is 0 Å². The number of hydrogen-bond donors (Lipinski definition) is 0. The van der Waals surface area contributed by atoms with Crippen molar-refractivity contribution in [3.05, 3.63) is 23.7 Å². The molecule has 0 unspecified atom stereocenters. The summed E-state index contributed by atoms with van der Waals surface area (Å²) in [6.45, 7) is 6.33. The number of aryl methyl sites for hydroxylation is 1. The van der Waals surface area contributed by atoms with E-state index >= 15 is 0 Å². The van der Waals surface area contributed by atoms with Gasteiger partial charge >= 0.3 is 5.97 Å². The third kappa shape index (κ3) is 5.10. The number of piperidine rings is 1. The highest BCUT2D eigenvalue weighted by molar-refractivity contribution is 5.79. The molecule has 1 aliphatic heterocycles. The van der Waals surface area contributed by atoms with Crippen LogP contribution in [-0.2, 0) is 20.9 Å². The Bertz CT molecular complexity index is 532. The molecule has 0 N–H and O–H groups in total. The van der Waals surface area contributed by atoms with E-state index in [0.717, 1.165) is 11.5 Å². The minimum atomic E-state index is -0.134. The van der Waals surface area contributed by atoms with Gasteiger partial charge in [0.15, 0.2) is 0 Å². The van der Waals surface area contributed by atoms with Gasteiger partial charge in [0.2, 0.25) is 5.91 Å². The van der Waals surface area contributed by atoms with Crippen molar-refractivity contribution in [1.29, 1.82) is 0 Å². The van der Waals surface area contributed by atoms with Gasteiger partial charge in [0.05, 0.1) is 25.6 Å². The first kappa shape index (κ1) is 17.5. The van der Waals surface area contributed by atoms with E-state index in [1.807, 2.05) is 42.8 Å². The van der Waals surface area contributed by atoms with Gasteiger partial charge in [0.1, 0.15) is 11.5 Å². The highest BCUT2D eigenvalue weighted by Gasteiger charge is 2.28. The van der Waals surface area contributed by atoms with Crippen molar-refractivity contribution in [3.63, 3.8) is 0 Å². The van der Waals surface area contributed by atoms with Gasteiger partial charge in [-0.3, -0.25) is 14.5 Å². The second-order valence-corrected chi connectivity index (χ2v) is 6.09. The van der Waals surface area contributed by atoms with Crippen molar-refractivity contribution in [2.45, 2.75) is 33.2 Å². The third-order valence-corrected chi connectivity index (χ3v) is 4.09. The van der Waals surface area contributed by atoms with Gasteiger partial charge in [-0.2, -0.15) is 0 Å². The summed E-state index contributed by atoms with van der Waals surface area (Å²) in [7, 11) is 1.90. The third-order valence-electron chi connectivity index (χ3n) is 4.09. The largest absolute Gasteiger partial charge is 0.466 e. The number of likely N-dealkylation sites (tertiary alicyclic amines) is 1. The zero-order valence-electron chi connectivity index (χ0n) is 14.2. The molecular formula is C17H26N2O4. The number of ether oxygens (including phenoxy) is 1. The van der Waals surface area contributed by atoms with Crippen LogP contribution in [0.5, 0.6) is 0 Å². The second kappa shape index (κ2) is 8.15. The number of esters is 1. The van der Waals surface area contributed by atoms with Crippen LogP contribution >= 0.6 is 0 Å². The lowest BCUT2D eigenvalue weighted by molar-refractivity contribution is -0.151. The minimum absolute atomic E-state index is 0.0668. The molecule has 0 spiro atoms. The Kier molecular flexibility index (Phi) is 6.21. The van der Waals surface area contributed by atoms with Crippen LogP contribution in [0, 0.1) is 12.8 Å². The van der Waals surface area contributed by atoms with E-state index < -0.39 is 0 Å². The highest BCUT2D eigenvalue weighted by atomic mass is 16.5. The fourth-order valence-electron chi connectivity index (χ4n) is 2.85. The molecule has 1 amide bonds. The van der Waals surface area contributed by atoms with Crippen LogP contribution in [0.25, 0.3) is 0 Å². The van der Waals surface area contributed by atoms with Gasteiger partial charge in [0.25, 0.3) is 0 Å². The molecule has 0 atom stereocenters. The van der Waals surface area contributed by atoms with E-state index in [1.54, 1.807) is 0 Å². The first-order valence-corrected chi connectivity index (χ1v) is 8.18. The molecule has 0 aliphatic carbocycles. The Morgan fingerprint density at radius 3 is 2.61 bits per heavy atom. The number of carbonyl (C=O) groups is 2. The Hall–Kier alpha value is -1.82. The Morgan fingerprint density at radius 2 is 2.04 bits per heavy atom. The molecule has 1 aromatic heterocycles. The van der Waals surface area contributed by atoms with Gasteiger partial charge in [-0.05, 0) is 45.9 Å². The van der Waals surface area contributed by atoms with Gasteiger partial charge in [-0.15, -0.1) is 0 Å². The van der Waals surface area contributed by atoms with Crippen molar-refractivity contribution in [3.8, 4) is 0 Å². The number of likely N-dealkylation sites (N-methyl/N-ethyl adjacent to an activating group) is 1. The SMILES string of the molecule is CCOC(=O)C1CCN(C(=O)CN(C)Cc2ccc(C)o2)CC1. The maximum atomic E-state index is 12.3. The first-order valence-electron chi connectivity index (χ1n) is 8.18. The quantitative estimate of drug-likeness (QED) is 0.748. The van der Waals surface area contributed by atoms with E-state index in [0.29, 0.717) is 45.6 Å². The molecular weight excluding hydrogens is 296 g/mol. The molecule has 1 aliphatic rings. The van der Waals surface area contributed by atoms with Crippen LogP contribution in [0.15, 0.2) is 16.5 Å². The van der Waals surface area contributed by atoms with Crippen LogP contribution in [0.4, 0.5) is 0 Å². The molecule has 6 nitrogen and oxygen atoms in total. The van der Waals surface area contributed by atoms with Crippen LogP contribution in [0.2, 0.25) is 0 Å². The molecule has 2 rings (SSSR count). The maximum absolute atomic E-state index is 12.3. The summed E-state index contributed by atoms with van der Waals surface area (Å²) in [5.74, 6) is 1.63. The zero-order chi connectivity index (χ0) is 16.8. The molecule has 0 bridgehead atoms. The van der Waals surface area contributed by atoms with Crippen molar-refractivity contribution < 1.29 is 18.7 Å². The summed E-state index contributed by atoms with van der Waals surface area (Å²) < 4.78 is 10.6. The van der Waals surface area contributed by atoms with Crippen molar-refractivity contribution >= 4 is 11.9 Å². The van der Waals surface area contributed by atoms with Crippen LogP contribution in [0.3, 0.4) is 0 Å². The van der Waals surface area contributed by atoms with Gasteiger partial charge in [0, 0.05) is 13.1 Å². The van der Waals surface area contributed by atoms with Crippen LogP contribution in [0.1, 0.15) is 31.3 Å². The lowest BCUT2D eigenvalue weighted by Gasteiger charge is -2.32. The van der Waals surface area contributed by atoms with E-state index in [9.17, 15) is 9.59 Å². The molecule has 0 radical (unpaired) electrons. The molecule has 23 heavy (non-hydrogen) atoms. The summed E-state index contributed by atoms with van der Waals surface area (Å²) in [6, 6.07) is 3.85. The lowest BCUT2D eigenvalue weighted by atomic mass is 9.97. The normalized spacial score (nSPS) is 15.9. The Labute approximate surface area is 137 Å². The molecule has 1 aromatic rings. The number of hydrogen-bond acceptors (Lipinski definition) is 5. The Morgan fingerprint density at radius 1 is 1.35 bits per heavy atom.